The van der Waals surface area contributed by atoms with Crippen molar-refractivity contribution in [3.8, 4) is 11.8 Å². The Morgan fingerprint density at radius 3 is 2.59 bits per heavy atom. The number of nitriles is 1. The lowest BCUT2D eigenvalue weighted by molar-refractivity contribution is 0.252. The van der Waals surface area contributed by atoms with Crippen molar-refractivity contribution < 1.29 is 9.53 Å². The fraction of sp³-hybridized carbons (Fsp3) is 0.154. The predicted molar refractivity (Wildman–Crippen MR) is 126 cm³/mol. The monoisotopic (exact) mass is 424 g/mol. The zero-order valence-corrected chi connectivity index (χ0v) is 17.6. The molecule has 0 fully saturated rings. The van der Waals surface area contributed by atoms with Gasteiger partial charge in [-0.3, -0.25) is 0 Å². The lowest BCUT2D eigenvalue weighted by atomic mass is 10.1. The zero-order valence-electron chi connectivity index (χ0n) is 17.6. The molecule has 32 heavy (non-hydrogen) atoms. The molecule has 2 amide bonds. The number of hydrogen-bond acceptors (Lipinski definition) is 3. The van der Waals surface area contributed by atoms with Crippen molar-refractivity contribution in [3.05, 3.63) is 95.7 Å². The molecule has 0 radical (unpaired) electrons. The Hall–Kier alpha value is -4.24. The van der Waals surface area contributed by atoms with Crippen molar-refractivity contribution in [2.24, 2.45) is 0 Å². The van der Waals surface area contributed by atoms with Gasteiger partial charge in [0.2, 0.25) is 0 Å². The van der Waals surface area contributed by atoms with Crippen molar-refractivity contribution >= 4 is 22.6 Å². The fourth-order valence-corrected chi connectivity index (χ4v) is 3.54. The first kappa shape index (κ1) is 21.0. The number of H-pyrrole nitrogens is 1. The van der Waals surface area contributed by atoms with Gasteiger partial charge < -0.3 is 20.4 Å². The van der Waals surface area contributed by atoms with Gasteiger partial charge in [0.05, 0.1) is 12.5 Å². The Balaban J connectivity index is 1.30. The van der Waals surface area contributed by atoms with Crippen LogP contribution in [0.5, 0.6) is 5.75 Å². The maximum Gasteiger partial charge on any atom is 0.319 e. The highest BCUT2D eigenvalue weighted by atomic mass is 16.5. The van der Waals surface area contributed by atoms with Gasteiger partial charge in [-0.2, -0.15) is 5.26 Å². The van der Waals surface area contributed by atoms with Gasteiger partial charge in [-0.1, -0.05) is 48.5 Å². The number of anilines is 1. The Labute approximate surface area is 186 Å². The third-order valence-electron chi connectivity index (χ3n) is 5.22. The fourth-order valence-electron chi connectivity index (χ4n) is 3.54. The van der Waals surface area contributed by atoms with E-state index in [0.29, 0.717) is 31.0 Å². The number of urea groups is 1. The third-order valence-corrected chi connectivity index (χ3v) is 5.22. The van der Waals surface area contributed by atoms with E-state index < -0.39 is 0 Å². The van der Waals surface area contributed by atoms with Crippen LogP contribution < -0.4 is 15.4 Å². The molecule has 0 aliphatic heterocycles. The van der Waals surface area contributed by atoms with E-state index in [0.717, 1.165) is 23.1 Å². The standard InChI is InChI=1S/C26H24N4O2/c27-15-13-19-9-11-22(12-10-19)32-18-21-5-1-3-7-24(21)30-26(31)28-16-14-20-17-29-25-8-4-2-6-23(20)25/h1-12,17,29H,13-14,16,18H2,(H2,28,30,31). The van der Waals surface area contributed by atoms with Gasteiger partial charge in [0, 0.05) is 34.9 Å². The molecule has 0 unspecified atom stereocenters. The van der Waals surface area contributed by atoms with E-state index in [4.69, 9.17) is 10.00 Å². The zero-order chi connectivity index (χ0) is 22.2. The van der Waals surface area contributed by atoms with Crippen LogP contribution in [0.4, 0.5) is 10.5 Å². The van der Waals surface area contributed by atoms with Crippen molar-refractivity contribution in [2.75, 3.05) is 11.9 Å². The van der Waals surface area contributed by atoms with Crippen LogP contribution in [0.25, 0.3) is 10.9 Å². The number of amides is 2. The number of carbonyl (C=O) groups excluding carboxylic acids is 1. The second-order valence-corrected chi connectivity index (χ2v) is 7.42. The molecule has 3 N–H and O–H groups in total. The molecule has 6 nitrogen and oxygen atoms in total. The Bertz CT molecular complexity index is 1240. The van der Waals surface area contributed by atoms with E-state index in [9.17, 15) is 4.79 Å². The normalized spacial score (nSPS) is 10.5. The number of rotatable bonds is 8. The summed E-state index contributed by atoms with van der Waals surface area (Å²) in [6.07, 6.45) is 3.11. The summed E-state index contributed by atoms with van der Waals surface area (Å²) in [6, 6.07) is 25.0. The molecule has 0 aliphatic carbocycles. The molecule has 0 spiro atoms. The van der Waals surface area contributed by atoms with E-state index in [1.54, 1.807) is 0 Å². The van der Waals surface area contributed by atoms with Gasteiger partial charge in [0.1, 0.15) is 12.4 Å². The SMILES string of the molecule is N#CCc1ccc(OCc2ccccc2NC(=O)NCCc2c[nH]c3ccccc23)cc1. The Morgan fingerprint density at radius 1 is 0.969 bits per heavy atom. The summed E-state index contributed by atoms with van der Waals surface area (Å²) in [5.74, 6) is 0.713. The Kier molecular flexibility index (Phi) is 6.69. The van der Waals surface area contributed by atoms with Crippen molar-refractivity contribution in [2.45, 2.75) is 19.4 Å². The Morgan fingerprint density at radius 2 is 1.75 bits per heavy atom. The molecule has 0 saturated carbocycles. The minimum atomic E-state index is -0.252. The van der Waals surface area contributed by atoms with E-state index in [1.807, 2.05) is 72.9 Å². The summed E-state index contributed by atoms with van der Waals surface area (Å²) in [7, 11) is 0. The molecule has 4 rings (SSSR count). The summed E-state index contributed by atoms with van der Waals surface area (Å²) >= 11 is 0. The van der Waals surface area contributed by atoms with Gasteiger partial charge in [0.15, 0.2) is 0 Å². The number of hydrogen-bond donors (Lipinski definition) is 3. The second kappa shape index (κ2) is 10.2. The highest BCUT2D eigenvalue weighted by Crippen LogP contribution is 2.20. The summed E-state index contributed by atoms with van der Waals surface area (Å²) in [5, 5.41) is 15.8. The number of aromatic amines is 1. The average Bonchev–Trinajstić information content (AvgIpc) is 3.23. The van der Waals surface area contributed by atoms with Crippen LogP contribution in [0.3, 0.4) is 0 Å². The second-order valence-electron chi connectivity index (χ2n) is 7.42. The van der Waals surface area contributed by atoms with E-state index in [2.05, 4.69) is 27.8 Å². The number of fused-ring (bicyclic) bond motifs is 1. The highest BCUT2D eigenvalue weighted by molar-refractivity contribution is 5.90. The number of aromatic nitrogens is 1. The number of carbonyl (C=O) groups is 1. The van der Waals surface area contributed by atoms with Crippen molar-refractivity contribution in [3.63, 3.8) is 0 Å². The maximum atomic E-state index is 12.4. The molecular weight excluding hydrogens is 400 g/mol. The number of para-hydroxylation sites is 2. The molecule has 1 heterocycles. The summed E-state index contributed by atoms with van der Waals surface area (Å²) < 4.78 is 5.86. The van der Waals surface area contributed by atoms with E-state index >= 15 is 0 Å². The first-order chi connectivity index (χ1) is 15.7. The molecule has 0 aliphatic rings. The molecule has 0 saturated heterocycles. The number of ether oxygens (including phenoxy) is 1. The van der Waals surface area contributed by atoms with Crippen molar-refractivity contribution in [1.82, 2.24) is 10.3 Å². The first-order valence-corrected chi connectivity index (χ1v) is 10.5. The topological polar surface area (TPSA) is 89.9 Å². The third kappa shape index (κ3) is 5.27. The molecule has 1 aromatic heterocycles. The van der Waals surface area contributed by atoms with Crippen LogP contribution in [-0.2, 0) is 19.4 Å². The largest absolute Gasteiger partial charge is 0.489 e. The molecular formula is C26H24N4O2. The van der Waals surface area contributed by atoms with Crippen LogP contribution in [0.15, 0.2) is 79.0 Å². The van der Waals surface area contributed by atoms with Crippen molar-refractivity contribution in [1.29, 1.82) is 5.26 Å². The minimum Gasteiger partial charge on any atom is -0.489 e. The predicted octanol–water partition coefficient (Wildman–Crippen LogP) is 5.18. The van der Waals surface area contributed by atoms with Crippen LogP contribution in [0, 0.1) is 11.3 Å². The van der Waals surface area contributed by atoms with Crippen LogP contribution in [-0.4, -0.2) is 17.6 Å². The van der Waals surface area contributed by atoms with E-state index in [1.165, 1.54) is 10.9 Å². The highest BCUT2D eigenvalue weighted by Gasteiger charge is 2.08. The van der Waals surface area contributed by atoms with Crippen LogP contribution >= 0.6 is 0 Å². The lowest BCUT2D eigenvalue weighted by Crippen LogP contribution is -2.30. The van der Waals surface area contributed by atoms with Crippen LogP contribution in [0.2, 0.25) is 0 Å². The molecule has 0 atom stereocenters. The van der Waals surface area contributed by atoms with Gasteiger partial charge in [-0.05, 0) is 41.8 Å². The number of nitrogens with zero attached hydrogens (tertiary/aromatic N) is 1. The minimum absolute atomic E-state index is 0.252. The summed E-state index contributed by atoms with van der Waals surface area (Å²) in [6.45, 7) is 0.852. The average molecular weight is 425 g/mol. The van der Waals surface area contributed by atoms with Gasteiger partial charge >= 0.3 is 6.03 Å². The lowest BCUT2D eigenvalue weighted by Gasteiger charge is -2.13. The number of benzene rings is 3. The van der Waals surface area contributed by atoms with E-state index in [-0.39, 0.29) is 6.03 Å². The maximum absolute atomic E-state index is 12.4. The molecule has 3 aromatic carbocycles. The molecule has 4 aromatic rings. The smallest absolute Gasteiger partial charge is 0.319 e. The van der Waals surface area contributed by atoms with Gasteiger partial charge in [-0.15, -0.1) is 0 Å². The summed E-state index contributed by atoms with van der Waals surface area (Å²) in [5.41, 5.74) is 4.81. The molecule has 160 valence electrons. The number of nitrogens with one attached hydrogen (secondary N) is 3. The first-order valence-electron chi connectivity index (χ1n) is 10.5. The van der Waals surface area contributed by atoms with Gasteiger partial charge in [0.25, 0.3) is 0 Å². The quantitative estimate of drug-likeness (QED) is 0.364. The molecule has 6 heteroatoms. The molecule has 0 bridgehead atoms. The summed E-state index contributed by atoms with van der Waals surface area (Å²) in [4.78, 5) is 15.7. The van der Waals surface area contributed by atoms with Gasteiger partial charge in [-0.25, -0.2) is 4.79 Å². The van der Waals surface area contributed by atoms with Crippen LogP contribution in [0.1, 0.15) is 16.7 Å².